The van der Waals surface area contributed by atoms with Crippen LogP contribution in [0.5, 0.6) is 0 Å². The van der Waals surface area contributed by atoms with Crippen molar-refractivity contribution in [3.05, 3.63) is 29.8 Å². The standard InChI is InChI=1S/C21H29N3O3/c1-14(25)24-18-4-2-15(3-5-18)11-22-19(26)12-23-20-7-16-6-17(8-20)10-21(27,9-16)13-20/h2-5,16-17,23,27H,6-13H2,1H3,(H,22,26)(H,24,25)/t16-,17-,20?,21?/m0/s1. The summed E-state index contributed by atoms with van der Waals surface area (Å²) in [5.41, 5.74) is 1.17. The van der Waals surface area contributed by atoms with E-state index in [9.17, 15) is 14.7 Å². The first kappa shape index (κ1) is 18.4. The minimum atomic E-state index is -0.511. The molecular weight excluding hydrogens is 342 g/mol. The summed E-state index contributed by atoms with van der Waals surface area (Å²) >= 11 is 0. The minimum absolute atomic E-state index is 0.0244. The van der Waals surface area contributed by atoms with Crippen molar-refractivity contribution in [1.82, 2.24) is 10.6 Å². The molecule has 0 spiro atoms. The molecule has 4 aliphatic rings. The molecule has 1 aromatic carbocycles. The number of hydrogen-bond donors (Lipinski definition) is 4. The topological polar surface area (TPSA) is 90.5 Å². The molecule has 146 valence electrons. The lowest BCUT2D eigenvalue weighted by molar-refractivity contribution is -0.144. The van der Waals surface area contributed by atoms with Gasteiger partial charge >= 0.3 is 0 Å². The van der Waals surface area contributed by atoms with Crippen molar-refractivity contribution in [2.75, 3.05) is 11.9 Å². The van der Waals surface area contributed by atoms with Crippen molar-refractivity contribution in [2.24, 2.45) is 11.8 Å². The van der Waals surface area contributed by atoms with Gasteiger partial charge in [-0.25, -0.2) is 0 Å². The first-order chi connectivity index (χ1) is 12.8. The molecule has 0 aliphatic heterocycles. The van der Waals surface area contributed by atoms with Gasteiger partial charge in [-0.3, -0.25) is 9.59 Å². The summed E-state index contributed by atoms with van der Waals surface area (Å²) in [4.78, 5) is 23.4. The lowest BCUT2D eigenvalue weighted by Gasteiger charge is -2.60. The number of hydrogen-bond acceptors (Lipinski definition) is 4. The maximum atomic E-state index is 12.3. The smallest absolute Gasteiger partial charge is 0.234 e. The molecule has 4 saturated carbocycles. The molecule has 2 amide bonds. The zero-order chi connectivity index (χ0) is 19.1. The molecule has 0 heterocycles. The maximum absolute atomic E-state index is 12.3. The number of anilines is 1. The molecule has 4 N–H and O–H groups in total. The Balaban J connectivity index is 1.26. The number of amides is 2. The summed E-state index contributed by atoms with van der Waals surface area (Å²) in [5, 5.41) is 20.0. The molecule has 0 saturated heterocycles. The van der Waals surface area contributed by atoms with Crippen LogP contribution in [0.2, 0.25) is 0 Å². The van der Waals surface area contributed by atoms with Gasteiger partial charge in [-0.05, 0) is 68.1 Å². The van der Waals surface area contributed by atoms with Crippen molar-refractivity contribution in [3.8, 4) is 0 Å². The largest absolute Gasteiger partial charge is 0.390 e. The van der Waals surface area contributed by atoms with Gasteiger partial charge in [-0.1, -0.05) is 12.1 Å². The highest BCUT2D eigenvalue weighted by molar-refractivity contribution is 5.88. The Labute approximate surface area is 160 Å². The molecule has 4 fully saturated rings. The number of carbonyl (C=O) groups is 2. The number of carbonyl (C=O) groups excluding carboxylic acids is 2. The van der Waals surface area contributed by atoms with E-state index in [4.69, 9.17) is 0 Å². The zero-order valence-electron chi connectivity index (χ0n) is 15.9. The summed E-state index contributed by atoms with van der Waals surface area (Å²) < 4.78 is 0. The van der Waals surface area contributed by atoms with E-state index in [0.717, 1.165) is 43.4 Å². The van der Waals surface area contributed by atoms with Gasteiger partial charge in [0.25, 0.3) is 0 Å². The van der Waals surface area contributed by atoms with Gasteiger partial charge in [-0.15, -0.1) is 0 Å². The lowest BCUT2D eigenvalue weighted by Crippen LogP contribution is -2.65. The average molecular weight is 371 g/mol. The quantitative estimate of drug-likeness (QED) is 0.615. The van der Waals surface area contributed by atoms with E-state index in [1.165, 1.54) is 13.3 Å². The average Bonchev–Trinajstić information content (AvgIpc) is 2.57. The van der Waals surface area contributed by atoms with Crippen LogP contribution in [0.4, 0.5) is 5.69 Å². The Hall–Kier alpha value is -1.92. The van der Waals surface area contributed by atoms with Gasteiger partial charge in [0.1, 0.15) is 0 Å². The van der Waals surface area contributed by atoms with Crippen molar-refractivity contribution < 1.29 is 14.7 Å². The monoisotopic (exact) mass is 371 g/mol. The second kappa shape index (κ2) is 6.91. The Morgan fingerprint density at radius 3 is 2.37 bits per heavy atom. The fourth-order valence-electron chi connectivity index (χ4n) is 5.86. The van der Waals surface area contributed by atoms with Gasteiger partial charge < -0.3 is 21.1 Å². The van der Waals surface area contributed by atoms with Crippen LogP contribution in [0.3, 0.4) is 0 Å². The Bertz CT molecular complexity index is 717. The normalized spacial score (nSPS) is 33.7. The van der Waals surface area contributed by atoms with Crippen LogP contribution >= 0.6 is 0 Å². The molecular formula is C21H29N3O3. The highest BCUT2D eigenvalue weighted by Crippen LogP contribution is 2.57. The van der Waals surface area contributed by atoms with E-state index in [0.29, 0.717) is 24.9 Å². The van der Waals surface area contributed by atoms with Gasteiger partial charge in [-0.2, -0.15) is 0 Å². The second-order valence-electron chi connectivity index (χ2n) is 8.97. The molecule has 27 heavy (non-hydrogen) atoms. The van der Waals surface area contributed by atoms with Gasteiger partial charge in [0.15, 0.2) is 0 Å². The van der Waals surface area contributed by atoms with E-state index >= 15 is 0 Å². The van der Waals surface area contributed by atoms with E-state index in [1.54, 1.807) is 0 Å². The number of nitrogens with one attached hydrogen (secondary N) is 3. The van der Waals surface area contributed by atoms with Crippen molar-refractivity contribution >= 4 is 17.5 Å². The number of rotatable bonds is 6. The SMILES string of the molecule is CC(=O)Nc1ccc(CNC(=O)CNC23C[C@@H]4C[C@H](CC(O)(C4)C2)C3)cc1. The molecule has 0 unspecified atom stereocenters. The van der Waals surface area contributed by atoms with E-state index in [2.05, 4.69) is 16.0 Å². The predicted molar refractivity (Wildman–Crippen MR) is 103 cm³/mol. The summed E-state index contributed by atoms with van der Waals surface area (Å²) in [6, 6.07) is 7.45. The van der Waals surface area contributed by atoms with Crippen molar-refractivity contribution in [2.45, 2.75) is 63.1 Å². The van der Waals surface area contributed by atoms with E-state index in [-0.39, 0.29) is 17.4 Å². The third-order valence-electron chi connectivity index (χ3n) is 6.42. The molecule has 0 aromatic heterocycles. The highest BCUT2D eigenvalue weighted by Gasteiger charge is 2.56. The minimum Gasteiger partial charge on any atom is -0.390 e. The molecule has 4 bridgehead atoms. The second-order valence-corrected chi connectivity index (χ2v) is 8.97. The summed E-state index contributed by atoms with van der Waals surface area (Å²) in [5.74, 6) is 1.09. The first-order valence-electron chi connectivity index (χ1n) is 9.94. The van der Waals surface area contributed by atoms with Crippen molar-refractivity contribution in [1.29, 1.82) is 0 Å². The molecule has 4 aliphatic carbocycles. The Morgan fingerprint density at radius 1 is 1.11 bits per heavy atom. The number of aliphatic hydroxyl groups is 1. The molecule has 1 aromatic rings. The third-order valence-corrected chi connectivity index (χ3v) is 6.42. The Kier molecular flexibility index (Phi) is 4.72. The highest BCUT2D eigenvalue weighted by atomic mass is 16.3. The van der Waals surface area contributed by atoms with Crippen LogP contribution < -0.4 is 16.0 Å². The van der Waals surface area contributed by atoms with Crippen molar-refractivity contribution in [3.63, 3.8) is 0 Å². The Morgan fingerprint density at radius 2 is 1.78 bits per heavy atom. The van der Waals surface area contributed by atoms with E-state index < -0.39 is 5.60 Å². The van der Waals surface area contributed by atoms with Crippen LogP contribution in [0.25, 0.3) is 0 Å². The molecule has 2 atom stereocenters. The van der Waals surface area contributed by atoms with Gasteiger partial charge in [0.2, 0.25) is 11.8 Å². The van der Waals surface area contributed by atoms with Crippen LogP contribution in [-0.2, 0) is 16.1 Å². The molecule has 6 heteroatoms. The van der Waals surface area contributed by atoms with E-state index in [1.807, 2.05) is 24.3 Å². The van der Waals surface area contributed by atoms with Gasteiger partial charge in [0.05, 0.1) is 12.1 Å². The summed E-state index contributed by atoms with van der Waals surface area (Å²) in [7, 11) is 0. The van der Waals surface area contributed by atoms with Crippen LogP contribution in [-0.4, -0.2) is 34.6 Å². The zero-order valence-corrected chi connectivity index (χ0v) is 15.9. The van der Waals surface area contributed by atoms with Crippen LogP contribution in [0.15, 0.2) is 24.3 Å². The fraction of sp³-hybridized carbons (Fsp3) is 0.619. The van der Waals surface area contributed by atoms with Crippen LogP contribution in [0, 0.1) is 11.8 Å². The lowest BCUT2D eigenvalue weighted by atomic mass is 9.51. The maximum Gasteiger partial charge on any atom is 0.234 e. The number of benzene rings is 1. The predicted octanol–water partition coefficient (Wildman–Crippen LogP) is 1.93. The van der Waals surface area contributed by atoms with Crippen LogP contribution in [0.1, 0.15) is 51.0 Å². The first-order valence-corrected chi connectivity index (χ1v) is 9.94. The third kappa shape index (κ3) is 4.17. The summed E-state index contributed by atoms with van der Waals surface area (Å²) in [6.45, 7) is 2.23. The molecule has 6 nitrogen and oxygen atoms in total. The fourth-order valence-corrected chi connectivity index (χ4v) is 5.86. The molecule has 5 rings (SSSR count). The van der Waals surface area contributed by atoms with Gasteiger partial charge in [0, 0.05) is 24.7 Å². The summed E-state index contributed by atoms with van der Waals surface area (Å²) in [6.07, 6.45) is 6.08. The molecule has 0 radical (unpaired) electrons.